The molecule has 0 aliphatic carbocycles. The van der Waals surface area contributed by atoms with E-state index in [-0.39, 0.29) is 11.3 Å². The van der Waals surface area contributed by atoms with Gasteiger partial charge in [0.2, 0.25) is 0 Å². The number of nitrogens with zero attached hydrogens (tertiary/aromatic N) is 2. The first-order chi connectivity index (χ1) is 6.81. The normalized spacial score (nSPS) is 9.64. The first-order valence-corrected chi connectivity index (χ1v) is 4.79. The first kappa shape index (κ1) is 8.73. The van der Waals surface area contributed by atoms with Crippen molar-refractivity contribution in [3.63, 3.8) is 0 Å². The number of nitriles is 1. The molecule has 68 valence electrons. The zero-order valence-corrected chi connectivity index (χ0v) is 7.95. The van der Waals surface area contributed by atoms with Crippen molar-refractivity contribution in [2.75, 3.05) is 0 Å². The van der Waals surface area contributed by atoms with Crippen LogP contribution in [-0.4, -0.2) is 9.48 Å². The third kappa shape index (κ3) is 1.45. The van der Waals surface area contributed by atoms with Gasteiger partial charge in [-0.05, 0) is 35.8 Å². The van der Waals surface area contributed by atoms with Crippen LogP contribution in [0.15, 0.2) is 29.6 Å². The molecule has 1 N–H and O–H groups in total. The smallest absolute Gasteiger partial charge is 0.133 e. The molecule has 0 bridgehead atoms. The molecule has 4 heteroatoms. The van der Waals surface area contributed by atoms with Crippen LogP contribution in [0.4, 0.5) is 0 Å². The number of phenols is 1. The van der Waals surface area contributed by atoms with Gasteiger partial charge in [0.1, 0.15) is 11.8 Å². The van der Waals surface area contributed by atoms with Crippen LogP contribution in [0.5, 0.6) is 5.75 Å². The molecule has 0 spiro atoms. The fourth-order valence-corrected chi connectivity index (χ4v) is 1.68. The Morgan fingerprint density at radius 2 is 2.21 bits per heavy atom. The highest BCUT2D eigenvalue weighted by Gasteiger charge is 2.04. The van der Waals surface area contributed by atoms with Crippen LogP contribution in [0, 0.1) is 11.3 Å². The van der Waals surface area contributed by atoms with Crippen molar-refractivity contribution in [3.8, 4) is 23.1 Å². The maximum absolute atomic E-state index is 9.29. The molecule has 0 aliphatic rings. The summed E-state index contributed by atoms with van der Waals surface area (Å²) in [5.41, 5.74) is 1.95. The highest BCUT2D eigenvalue weighted by molar-refractivity contribution is 7.03. The predicted octanol–water partition coefficient (Wildman–Crippen LogP) is 2.39. The van der Waals surface area contributed by atoms with Crippen molar-refractivity contribution < 1.29 is 5.11 Å². The molecule has 0 aliphatic heterocycles. The first-order valence-electron chi connectivity index (χ1n) is 3.95. The van der Waals surface area contributed by atoms with Crippen LogP contribution >= 0.6 is 11.5 Å². The average Bonchev–Trinajstić information content (AvgIpc) is 2.71. The zero-order chi connectivity index (χ0) is 9.97. The Labute approximate surface area is 85.0 Å². The molecule has 0 fully saturated rings. The highest BCUT2D eigenvalue weighted by atomic mass is 32.1. The maximum atomic E-state index is 9.29. The van der Waals surface area contributed by atoms with Crippen molar-refractivity contribution >= 4 is 11.5 Å². The molecule has 0 saturated carbocycles. The van der Waals surface area contributed by atoms with E-state index in [4.69, 9.17) is 5.26 Å². The largest absolute Gasteiger partial charge is 0.507 e. The summed E-state index contributed by atoms with van der Waals surface area (Å²) < 4.78 is 4.14. The van der Waals surface area contributed by atoms with E-state index in [0.717, 1.165) is 11.3 Å². The molecule has 1 aromatic heterocycles. The SMILES string of the molecule is N#Cc1cc(-c2ccsn2)ccc1O. The molecule has 0 saturated heterocycles. The molecule has 1 aromatic carbocycles. The van der Waals surface area contributed by atoms with Gasteiger partial charge in [0.25, 0.3) is 0 Å². The molecule has 3 nitrogen and oxygen atoms in total. The lowest BCUT2D eigenvalue weighted by atomic mass is 10.1. The Balaban J connectivity index is 2.53. The predicted molar refractivity (Wildman–Crippen MR) is 53.9 cm³/mol. The van der Waals surface area contributed by atoms with Gasteiger partial charge in [0.15, 0.2) is 0 Å². The van der Waals surface area contributed by atoms with E-state index < -0.39 is 0 Å². The van der Waals surface area contributed by atoms with Crippen LogP contribution in [-0.2, 0) is 0 Å². The lowest BCUT2D eigenvalue weighted by Crippen LogP contribution is -1.80. The summed E-state index contributed by atoms with van der Waals surface area (Å²) in [5, 5.41) is 19.9. The third-order valence-electron chi connectivity index (χ3n) is 1.85. The second-order valence-corrected chi connectivity index (χ2v) is 3.39. The number of rotatable bonds is 1. The minimum atomic E-state index is 0.00600. The van der Waals surface area contributed by atoms with Crippen molar-refractivity contribution in [2.24, 2.45) is 0 Å². The van der Waals surface area contributed by atoms with Gasteiger partial charge in [-0.25, -0.2) is 0 Å². The molecule has 1 heterocycles. The van der Waals surface area contributed by atoms with Crippen molar-refractivity contribution in [1.82, 2.24) is 4.37 Å². The van der Waals surface area contributed by atoms with E-state index in [9.17, 15) is 5.11 Å². The van der Waals surface area contributed by atoms with Crippen LogP contribution in [0.2, 0.25) is 0 Å². The van der Waals surface area contributed by atoms with Crippen LogP contribution in [0.25, 0.3) is 11.3 Å². The lowest BCUT2D eigenvalue weighted by molar-refractivity contribution is 0.473. The van der Waals surface area contributed by atoms with E-state index in [1.807, 2.05) is 17.5 Å². The zero-order valence-electron chi connectivity index (χ0n) is 7.14. The summed E-state index contributed by atoms with van der Waals surface area (Å²) in [7, 11) is 0. The summed E-state index contributed by atoms with van der Waals surface area (Å²) in [6.45, 7) is 0. The standard InChI is InChI=1S/C10H6N2OS/c11-6-8-5-7(1-2-10(8)13)9-3-4-14-12-9/h1-5,13H. The number of benzene rings is 1. The fourth-order valence-electron chi connectivity index (χ4n) is 1.15. The van der Waals surface area contributed by atoms with Gasteiger partial charge in [-0.3, -0.25) is 0 Å². The van der Waals surface area contributed by atoms with Crippen molar-refractivity contribution in [3.05, 3.63) is 35.2 Å². The lowest BCUT2D eigenvalue weighted by Gasteiger charge is -1.98. The molecule has 2 rings (SSSR count). The number of aromatic nitrogens is 1. The molecule has 2 aromatic rings. The van der Waals surface area contributed by atoms with Crippen LogP contribution in [0.3, 0.4) is 0 Å². The second-order valence-electron chi connectivity index (χ2n) is 2.73. The third-order valence-corrected chi connectivity index (χ3v) is 2.41. The number of aromatic hydroxyl groups is 1. The van der Waals surface area contributed by atoms with Crippen molar-refractivity contribution in [1.29, 1.82) is 5.26 Å². The van der Waals surface area contributed by atoms with E-state index in [1.165, 1.54) is 17.6 Å². The summed E-state index contributed by atoms with van der Waals surface area (Å²) in [6, 6.07) is 8.67. The molecule has 14 heavy (non-hydrogen) atoms. The van der Waals surface area contributed by atoms with E-state index >= 15 is 0 Å². The summed E-state index contributed by atoms with van der Waals surface area (Å²) in [5.74, 6) is 0.00600. The Kier molecular flexibility index (Phi) is 2.17. The van der Waals surface area contributed by atoms with Gasteiger partial charge in [-0.1, -0.05) is 0 Å². The van der Waals surface area contributed by atoms with Crippen LogP contribution < -0.4 is 0 Å². The van der Waals surface area contributed by atoms with Crippen molar-refractivity contribution in [2.45, 2.75) is 0 Å². The maximum Gasteiger partial charge on any atom is 0.133 e. The van der Waals surface area contributed by atoms with Gasteiger partial charge in [-0.15, -0.1) is 0 Å². The van der Waals surface area contributed by atoms with Gasteiger partial charge in [-0.2, -0.15) is 9.64 Å². The molecule has 0 atom stereocenters. The van der Waals surface area contributed by atoms with Gasteiger partial charge < -0.3 is 5.11 Å². The summed E-state index contributed by atoms with van der Waals surface area (Å²) in [6.07, 6.45) is 0. The number of phenolic OH excluding ortho intramolecular Hbond substituents is 1. The molecule has 0 amide bonds. The quantitative estimate of drug-likeness (QED) is 0.772. The number of hydrogen-bond acceptors (Lipinski definition) is 4. The summed E-state index contributed by atoms with van der Waals surface area (Å²) in [4.78, 5) is 0. The highest BCUT2D eigenvalue weighted by Crippen LogP contribution is 2.24. The molecule has 0 radical (unpaired) electrons. The second kappa shape index (κ2) is 3.48. The Morgan fingerprint density at radius 1 is 1.36 bits per heavy atom. The Bertz CT molecular complexity index is 485. The van der Waals surface area contributed by atoms with Gasteiger partial charge >= 0.3 is 0 Å². The average molecular weight is 202 g/mol. The Morgan fingerprint density at radius 3 is 2.86 bits per heavy atom. The Hall–Kier alpha value is -1.86. The topological polar surface area (TPSA) is 56.9 Å². The van der Waals surface area contributed by atoms with E-state index in [2.05, 4.69) is 4.37 Å². The van der Waals surface area contributed by atoms with E-state index in [0.29, 0.717) is 0 Å². The minimum absolute atomic E-state index is 0.00600. The fraction of sp³-hybridized carbons (Fsp3) is 0. The monoisotopic (exact) mass is 202 g/mol. The molecular formula is C10H6N2OS. The van der Waals surface area contributed by atoms with Gasteiger partial charge in [0.05, 0.1) is 11.3 Å². The minimum Gasteiger partial charge on any atom is -0.507 e. The summed E-state index contributed by atoms with van der Waals surface area (Å²) >= 11 is 1.36. The van der Waals surface area contributed by atoms with E-state index in [1.54, 1.807) is 12.1 Å². The molecular weight excluding hydrogens is 196 g/mol. The molecule has 0 unspecified atom stereocenters. The van der Waals surface area contributed by atoms with Gasteiger partial charge in [0, 0.05) is 10.9 Å². The number of hydrogen-bond donors (Lipinski definition) is 1. The van der Waals surface area contributed by atoms with Crippen LogP contribution in [0.1, 0.15) is 5.56 Å².